The number of morpholine rings is 1. The van der Waals surface area contributed by atoms with Gasteiger partial charge in [0.1, 0.15) is 15.5 Å². The molecule has 8 nitrogen and oxygen atoms in total. The molecule has 0 saturated carbocycles. The number of sulfonamides is 1. The first kappa shape index (κ1) is 22.4. The molecule has 0 aliphatic carbocycles. The summed E-state index contributed by atoms with van der Waals surface area (Å²) >= 11 is 1.20. The molecule has 1 amide bonds. The van der Waals surface area contributed by atoms with E-state index in [1.54, 1.807) is 23.5 Å². The highest BCUT2D eigenvalue weighted by Crippen LogP contribution is 2.36. The van der Waals surface area contributed by atoms with Gasteiger partial charge in [0.05, 0.1) is 20.3 Å². The number of nitrogens with zero attached hydrogens (tertiary/aromatic N) is 2. The van der Waals surface area contributed by atoms with Crippen LogP contribution in [-0.2, 0) is 14.8 Å². The van der Waals surface area contributed by atoms with E-state index in [9.17, 15) is 13.2 Å². The summed E-state index contributed by atoms with van der Waals surface area (Å²) in [6.07, 6.45) is 3.71. The van der Waals surface area contributed by atoms with Gasteiger partial charge in [-0.05, 0) is 54.0 Å². The van der Waals surface area contributed by atoms with Crippen molar-refractivity contribution in [2.45, 2.75) is 23.7 Å². The molecule has 5 rings (SSSR count). The highest BCUT2D eigenvalue weighted by Gasteiger charge is 2.34. The van der Waals surface area contributed by atoms with Gasteiger partial charge in [0.25, 0.3) is 5.91 Å². The van der Waals surface area contributed by atoms with Crippen LogP contribution in [0.5, 0.6) is 5.75 Å². The van der Waals surface area contributed by atoms with E-state index in [2.05, 4.69) is 11.2 Å². The molecule has 1 N–H and O–H groups in total. The third-order valence-electron chi connectivity index (χ3n) is 6.55. The van der Waals surface area contributed by atoms with Gasteiger partial charge in [0.2, 0.25) is 10.0 Å². The predicted molar refractivity (Wildman–Crippen MR) is 127 cm³/mol. The van der Waals surface area contributed by atoms with Crippen molar-refractivity contribution in [3.63, 3.8) is 0 Å². The molecule has 10 heteroatoms. The van der Waals surface area contributed by atoms with Gasteiger partial charge in [-0.25, -0.2) is 8.42 Å². The van der Waals surface area contributed by atoms with Gasteiger partial charge in [-0.1, -0.05) is 0 Å². The minimum Gasteiger partial charge on any atom is -0.497 e. The minimum atomic E-state index is -3.71. The summed E-state index contributed by atoms with van der Waals surface area (Å²) in [6, 6.07) is 7.55. The van der Waals surface area contributed by atoms with Crippen molar-refractivity contribution in [3.8, 4) is 5.75 Å². The average molecular weight is 490 g/mol. The van der Waals surface area contributed by atoms with Crippen LogP contribution in [0, 0.1) is 0 Å². The molecule has 4 heterocycles. The zero-order valence-corrected chi connectivity index (χ0v) is 20.1. The molecule has 176 valence electrons. The molecule has 2 saturated heterocycles. The number of hydrogen-bond acceptors (Lipinski definition) is 6. The van der Waals surface area contributed by atoms with Crippen molar-refractivity contribution in [2.24, 2.45) is 0 Å². The summed E-state index contributed by atoms with van der Waals surface area (Å²) in [5.74, 6) is 0.952. The number of hydrogen-bond donors (Lipinski definition) is 1. The first-order valence-electron chi connectivity index (χ1n) is 11.1. The summed E-state index contributed by atoms with van der Waals surface area (Å²) in [7, 11) is -2.05. The Morgan fingerprint density at radius 3 is 2.64 bits per heavy atom. The number of ether oxygens (including phenoxy) is 2. The van der Waals surface area contributed by atoms with Crippen LogP contribution in [0.3, 0.4) is 0 Å². The van der Waals surface area contributed by atoms with E-state index in [0.717, 1.165) is 29.5 Å². The number of rotatable bonds is 5. The van der Waals surface area contributed by atoms with Gasteiger partial charge in [-0.15, -0.1) is 11.3 Å². The van der Waals surface area contributed by atoms with Crippen molar-refractivity contribution >= 4 is 38.2 Å². The smallest absolute Gasteiger partial charge is 0.265 e. The molecule has 3 aromatic rings. The Kier molecular flexibility index (Phi) is 6.17. The van der Waals surface area contributed by atoms with Crippen molar-refractivity contribution in [1.29, 1.82) is 0 Å². The highest BCUT2D eigenvalue weighted by atomic mass is 32.2. The Hall–Kier alpha value is -2.40. The number of amides is 1. The number of fused-ring (bicyclic) bond motifs is 1. The van der Waals surface area contributed by atoms with E-state index in [1.165, 1.54) is 21.2 Å². The predicted octanol–water partition coefficient (Wildman–Crippen LogP) is 3.28. The fraction of sp³-hybridized carbons (Fsp3) is 0.435. The number of likely N-dealkylation sites (tertiary alicyclic amines) is 1. The molecule has 33 heavy (non-hydrogen) atoms. The van der Waals surface area contributed by atoms with Gasteiger partial charge in [-0.3, -0.25) is 4.79 Å². The monoisotopic (exact) mass is 489 g/mol. The summed E-state index contributed by atoms with van der Waals surface area (Å²) in [5.41, 5.74) is 2.31. The number of methoxy groups -OCH3 is 1. The van der Waals surface area contributed by atoms with E-state index in [0.29, 0.717) is 50.2 Å². The third-order valence-corrected chi connectivity index (χ3v) is 9.53. The summed E-state index contributed by atoms with van der Waals surface area (Å²) in [4.78, 5) is 18.8. The van der Waals surface area contributed by atoms with Gasteiger partial charge in [0, 0.05) is 43.3 Å². The second-order valence-corrected chi connectivity index (χ2v) is 11.2. The zero-order chi connectivity index (χ0) is 23.0. The van der Waals surface area contributed by atoms with Crippen LogP contribution in [-0.4, -0.2) is 75.0 Å². The van der Waals surface area contributed by atoms with Crippen LogP contribution in [0.2, 0.25) is 0 Å². The lowest BCUT2D eigenvalue weighted by Gasteiger charge is -2.32. The SMILES string of the molecule is COc1ccc2[nH]cc(C3CCN(C(=O)c4sccc4S(=O)(=O)N4CCOCC4)CC3)c2c1. The van der Waals surface area contributed by atoms with E-state index >= 15 is 0 Å². The first-order valence-corrected chi connectivity index (χ1v) is 13.4. The van der Waals surface area contributed by atoms with Crippen LogP contribution < -0.4 is 4.74 Å². The highest BCUT2D eigenvalue weighted by molar-refractivity contribution is 7.89. The fourth-order valence-corrected chi connectivity index (χ4v) is 7.48. The molecule has 2 aliphatic rings. The second kappa shape index (κ2) is 9.09. The molecule has 0 unspecified atom stereocenters. The van der Waals surface area contributed by atoms with Crippen LogP contribution in [0.4, 0.5) is 0 Å². The summed E-state index contributed by atoms with van der Waals surface area (Å²) in [6.45, 7) is 2.56. The maximum Gasteiger partial charge on any atom is 0.265 e. The molecule has 0 spiro atoms. The number of aromatic nitrogens is 1. The Bertz CT molecular complexity index is 1250. The summed E-state index contributed by atoms with van der Waals surface area (Å²) < 4.78 is 38.3. The van der Waals surface area contributed by atoms with Crippen molar-refractivity contribution in [2.75, 3.05) is 46.5 Å². The van der Waals surface area contributed by atoms with Gasteiger partial charge < -0.3 is 19.4 Å². The van der Waals surface area contributed by atoms with Crippen molar-refractivity contribution in [1.82, 2.24) is 14.2 Å². The molecule has 1 aromatic carbocycles. The Morgan fingerprint density at radius 1 is 1.15 bits per heavy atom. The number of aromatic amines is 1. The Labute approximate surface area is 197 Å². The van der Waals surface area contributed by atoms with Crippen molar-refractivity contribution in [3.05, 3.63) is 46.3 Å². The van der Waals surface area contributed by atoms with Crippen LogP contribution in [0.1, 0.15) is 34.0 Å². The first-order chi connectivity index (χ1) is 16.0. The third kappa shape index (κ3) is 4.16. The number of benzene rings is 1. The fourth-order valence-electron chi connectivity index (χ4n) is 4.71. The van der Waals surface area contributed by atoms with Crippen LogP contribution in [0.15, 0.2) is 40.7 Å². The number of thiophene rings is 1. The standard InChI is InChI=1S/C23H27N3O5S2/c1-30-17-2-3-20-18(14-17)19(15-24-20)16-4-7-25(8-5-16)23(27)22-21(6-13-32-22)33(28,29)26-9-11-31-12-10-26/h2-3,6,13-16,24H,4-5,7-12H2,1H3. The van der Waals surface area contributed by atoms with E-state index in [-0.39, 0.29) is 10.8 Å². The molecule has 0 atom stereocenters. The number of carbonyl (C=O) groups is 1. The Balaban J connectivity index is 1.31. The number of carbonyl (C=O) groups excluding carboxylic acids is 1. The molecule has 0 bridgehead atoms. The van der Waals surface area contributed by atoms with E-state index in [4.69, 9.17) is 9.47 Å². The minimum absolute atomic E-state index is 0.116. The maximum absolute atomic E-state index is 13.3. The van der Waals surface area contributed by atoms with Gasteiger partial charge >= 0.3 is 0 Å². The van der Waals surface area contributed by atoms with Crippen LogP contribution in [0.25, 0.3) is 10.9 Å². The molecule has 2 aliphatic heterocycles. The lowest BCUT2D eigenvalue weighted by molar-refractivity contribution is 0.0708. The lowest BCUT2D eigenvalue weighted by atomic mass is 9.89. The molecular weight excluding hydrogens is 462 g/mol. The molecule has 2 aromatic heterocycles. The Morgan fingerprint density at radius 2 is 1.91 bits per heavy atom. The van der Waals surface area contributed by atoms with Gasteiger partial charge in [-0.2, -0.15) is 4.31 Å². The van der Waals surface area contributed by atoms with Crippen molar-refractivity contribution < 1.29 is 22.7 Å². The van der Waals surface area contributed by atoms with E-state index in [1.807, 2.05) is 18.2 Å². The lowest BCUT2D eigenvalue weighted by Crippen LogP contribution is -2.42. The van der Waals surface area contributed by atoms with E-state index < -0.39 is 10.0 Å². The molecule has 0 radical (unpaired) electrons. The summed E-state index contributed by atoms with van der Waals surface area (Å²) in [5, 5.41) is 2.84. The largest absolute Gasteiger partial charge is 0.497 e. The average Bonchev–Trinajstić information content (AvgIpc) is 3.52. The topological polar surface area (TPSA) is 91.9 Å². The number of H-pyrrole nitrogens is 1. The quantitative estimate of drug-likeness (QED) is 0.594. The normalized spacial score (nSPS) is 18.6. The zero-order valence-electron chi connectivity index (χ0n) is 18.5. The van der Waals surface area contributed by atoms with Gasteiger partial charge in [0.15, 0.2) is 0 Å². The second-order valence-electron chi connectivity index (χ2n) is 8.35. The van der Waals surface area contributed by atoms with Crippen LogP contribution >= 0.6 is 11.3 Å². The maximum atomic E-state index is 13.3. The molecular formula is C23H27N3O5S2. The molecule has 2 fully saturated rings. The number of nitrogens with one attached hydrogen (secondary N) is 1. The number of piperidine rings is 1.